The Morgan fingerprint density at radius 3 is 2.83 bits per heavy atom. The van der Waals surface area contributed by atoms with Crippen molar-refractivity contribution < 1.29 is 0 Å². The zero-order valence-electron chi connectivity index (χ0n) is 11.1. The highest BCUT2D eigenvalue weighted by Crippen LogP contribution is 2.32. The molecule has 0 bridgehead atoms. The van der Waals surface area contributed by atoms with E-state index in [1.165, 1.54) is 12.8 Å². The second-order valence-corrected chi connectivity index (χ2v) is 5.29. The van der Waals surface area contributed by atoms with Crippen LogP contribution >= 0.6 is 0 Å². The van der Waals surface area contributed by atoms with Gasteiger partial charge in [-0.1, -0.05) is 13.8 Å². The smallest absolute Gasteiger partial charge is 0.162 e. The van der Waals surface area contributed by atoms with Crippen molar-refractivity contribution in [3.05, 3.63) is 17.8 Å². The summed E-state index contributed by atoms with van der Waals surface area (Å²) in [6, 6.07) is 2.33. The number of anilines is 1. The molecular formula is C13H21N5. The predicted molar refractivity (Wildman–Crippen MR) is 72.9 cm³/mol. The van der Waals surface area contributed by atoms with Gasteiger partial charge in [0.05, 0.1) is 11.8 Å². The third-order valence-electron chi connectivity index (χ3n) is 3.20. The molecule has 1 aromatic rings. The molecule has 1 aliphatic rings. The summed E-state index contributed by atoms with van der Waals surface area (Å²) in [5, 5.41) is 15.8. The van der Waals surface area contributed by atoms with Gasteiger partial charge in [-0.25, -0.2) is 0 Å². The summed E-state index contributed by atoms with van der Waals surface area (Å²) in [4.78, 5) is 2.27. The van der Waals surface area contributed by atoms with Crippen LogP contribution in [0, 0.1) is 11.3 Å². The van der Waals surface area contributed by atoms with Gasteiger partial charge in [0.15, 0.2) is 5.82 Å². The Morgan fingerprint density at radius 1 is 1.56 bits per heavy atom. The molecule has 2 rings (SSSR count). The van der Waals surface area contributed by atoms with Crippen molar-refractivity contribution in [2.24, 2.45) is 11.7 Å². The molecule has 0 atom stereocenters. The highest BCUT2D eigenvalue weighted by atomic mass is 15.3. The first-order chi connectivity index (χ1) is 8.59. The van der Waals surface area contributed by atoms with Crippen LogP contribution in [0.5, 0.6) is 0 Å². The lowest BCUT2D eigenvalue weighted by molar-refractivity contribution is 0.567. The molecule has 0 unspecified atom stereocenters. The number of nitrogens with zero attached hydrogens (tertiary/aromatic N) is 3. The lowest BCUT2D eigenvalue weighted by Gasteiger charge is -2.25. The summed E-state index contributed by atoms with van der Waals surface area (Å²) in [6.07, 6.45) is 5.11. The number of aromatic nitrogens is 2. The van der Waals surface area contributed by atoms with Gasteiger partial charge in [-0.15, -0.1) is 5.10 Å². The van der Waals surface area contributed by atoms with E-state index in [1.54, 1.807) is 12.3 Å². The van der Waals surface area contributed by atoms with Gasteiger partial charge < -0.3 is 10.6 Å². The van der Waals surface area contributed by atoms with Gasteiger partial charge in [-0.05, 0) is 31.2 Å². The summed E-state index contributed by atoms with van der Waals surface area (Å²) in [5.74, 6) is 1.49. The molecule has 5 nitrogen and oxygen atoms in total. The van der Waals surface area contributed by atoms with Crippen molar-refractivity contribution in [3.63, 3.8) is 0 Å². The molecular weight excluding hydrogens is 226 g/mol. The van der Waals surface area contributed by atoms with Crippen LogP contribution in [-0.4, -0.2) is 28.6 Å². The molecule has 0 amide bonds. The van der Waals surface area contributed by atoms with E-state index in [0.29, 0.717) is 17.5 Å². The molecule has 0 aliphatic heterocycles. The van der Waals surface area contributed by atoms with Crippen molar-refractivity contribution in [3.8, 4) is 0 Å². The summed E-state index contributed by atoms with van der Waals surface area (Å²) >= 11 is 0. The van der Waals surface area contributed by atoms with Crippen LogP contribution in [0.1, 0.15) is 38.7 Å². The molecule has 1 saturated carbocycles. The van der Waals surface area contributed by atoms with Crippen LogP contribution in [0.25, 0.3) is 0 Å². The average molecular weight is 247 g/mol. The number of hydrogen-bond donors (Lipinski definition) is 2. The maximum absolute atomic E-state index is 7.63. The molecule has 0 radical (unpaired) electrons. The van der Waals surface area contributed by atoms with Crippen LogP contribution in [-0.2, 0) is 0 Å². The van der Waals surface area contributed by atoms with Crippen molar-refractivity contribution in [2.45, 2.75) is 39.2 Å². The van der Waals surface area contributed by atoms with Crippen LogP contribution < -0.4 is 10.6 Å². The second-order valence-electron chi connectivity index (χ2n) is 5.29. The first-order valence-electron chi connectivity index (χ1n) is 6.52. The van der Waals surface area contributed by atoms with Gasteiger partial charge in [0.2, 0.25) is 0 Å². The van der Waals surface area contributed by atoms with Gasteiger partial charge >= 0.3 is 0 Å². The maximum Gasteiger partial charge on any atom is 0.162 e. The van der Waals surface area contributed by atoms with E-state index < -0.39 is 0 Å². The van der Waals surface area contributed by atoms with Gasteiger partial charge in [0.25, 0.3) is 0 Å². The monoisotopic (exact) mass is 247 g/mol. The Bertz CT molecular complexity index is 425. The molecule has 0 saturated heterocycles. The minimum absolute atomic E-state index is 0.0649. The standard InChI is InChI=1S/C13H21N5/c1-9(2)6-8-18(10-3-4-10)13-11(12(14)15)5-7-16-17-13/h5,7,9-10H,3-4,6,8H2,1-2H3,(H3,14,15). The SMILES string of the molecule is CC(C)CCN(c1nnccc1C(=N)N)C1CC1. The number of amidine groups is 1. The van der Waals surface area contributed by atoms with E-state index >= 15 is 0 Å². The first-order valence-corrected chi connectivity index (χ1v) is 6.52. The molecule has 3 N–H and O–H groups in total. The zero-order chi connectivity index (χ0) is 13.1. The fourth-order valence-electron chi connectivity index (χ4n) is 1.99. The average Bonchev–Trinajstić information content (AvgIpc) is 3.14. The van der Waals surface area contributed by atoms with Gasteiger partial charge in [-0.3, -0.25) is 5.41 Å². The van der Waals surface area contributed by atoms with E-state index in [2.05, 4.69) is 28.9 Å². The van der Waals surface area contributed by atoms with Gasteiger partial charge in [-0.2, -0.15) is 5.10 Å². The molecule has 0 aromatic carbocycles. The molecule has 1 fully saturated rings. The van der Waals surface area contributed by atoms with E-state index in [1.807, 2.05) is 0 Å². The normalized spacial score (nSPS) is 14.8. The second kappa shape index (κ2) is 5.33. The van der Waals surface area contributed by atoms with E-state index in [4.69, 9.17) is 11.1 Å². The lowest BCUT2D eigenvalue weighted by atomic mass is 10.1. The zero-order valence-corrected chi connectivity index (χ0v) is 11.1. The van der Waals surface area contributed by atoms with Crippen molar-refractivity contribution in [2.75, 3.05) is 11.4 Å². The fourth-order valence-corrected chi connectivity index (χ4v) is 1.99. The van der Waals surface area contributed by atoms with E-state index in [0.717, 1.165) is 18.8 Å². The largest absolute Gasteiger partial charge is 0.384 e. The topological polar surface area (TPSA) is 78.9 Å². The number of nitrogens with two attached hydrogens (primary N) is 1. The Labute approximate surface area is 108 Å². The fraction of sp³-hybridized carbons (Fsp3) is 0.615. The van der Waals surface area contributed by atoms with Crippen LogP contribution in [0.4, 0.5) is 5.82 Å². The summed E-state index contributed by atoms with van der Waals surface area (Å²) < 4.78 is 0. The Morgan fingerprint density at radius 2 is 2.28 bits per heavy atom. The highest BCUT2D eigenvalue weighted by Gasteiger charge is 2.31. The third-order valence-corrected chi connectivity index (χ3v) is 3.20. The third kappa shape index (κ3) is 2.97. The van der Waals surface area contributed by atoms with E-state index in [-0.39, 0.29) is 5.84 Å². The molecule has 0 spiro atoms. The number of rotatable bonds is 6. The minimum atomic E-state index is 0.0649. The number of nitrogen functional groups attached to an aromatic ring is 1. The van der Waals surface area contributed by atoms with Crippen molar-refractivity contribution in [1.82, 2.24) is 10.2 Å². The predicted octanol–water partition coefficient (Wildman–Crippen LogP) is 1.78. The Balaban J connectivity index is 2.22. The molecule has 5 heteroatoms. The van der Waals surface area contributed by atoms with Crippen LogP contribution in [0.15, 0.2) is 12.3 Å². The molecule has 18 heavy (non-hydrogen) atoms. The first kappa shape index (κ1) is 12.8. The van der Waals surface area contributed by atoms with Crippen molar-refractivity contribution in [1.29, 1.82) is 5.41 Å². The Hall–Kier alpha value is -1.65. The summed E-state index contributed by atoms with van der Waals surface area (Å²) in [7, 11) is 0. The van der Waals surface area contributed by atoms with Crippen LogP contribution in [0.2, 0.25) is 0 Å². The van der Waals surface area contributed by atoms with E-state index in [9.17, 15) is 0 Å². The van der Waals surface area contributed by atoms with Crippen molar-refractivity contribution >= 4 is 11.7 Å². The quantitative estimate of drug-likeness (QED) is 0.593. The summed E-state index contributed by atoms with van der Waals surface area (Å²) in [5.41, 5.74) is 6.31. The Kier molecular flexibility index (Phi) is 3.79. The number of hydrogen-bond acceptors (Lipinski definition) is 4. The lowest BCUT2D eigenvalue weighted by Crippen LogP contribution is -2.31. The highest BCUT2D eigenvalue weighted by molar-refractivity contribution is 5.99. The minimum Gasteiger partial charge on any atom is -0.384 e. The molecule has 1 aliphatic carbocycles. The summed E-state index contributed by atoms with van der Waals surface area (Å²) in [6.45, 7) is 5.39. The maximum atomic E-state index is 7.63. The molecule has 1 heterocycles. The van der Waals surface area contributed by atoms with Gasteiger partial charge in [0.1, 0.15) is 5.84 Å². The van der Waals surface area contributed by atoms with Crippen LogP contribution in [0.3, 0.4) is 0 Å². The number of nitrogens with one attached hydrogen (secondary N) is 1. The molecule has 98 valence electrons. The van der Waals surface area contributed by atoms with Gasteiger partial charge in [0, 0.05) is 12.6 Å². The molecule has 1 aromatic heterocycles.